The van der Waals surface area contributed by atoms with Crippen LogP contribution in [0, 0.1) is 11.7 Å². The van der Waals surface area contributed by atoms with Crippen LogP contribution in [0.5, 0.6) is 0 Å². The van der Waals surface area contributed by atoms with E-state index >= 15 is 0 Å². The minimum absolute atomic E-state index is 0.0118. The first-order chi connectivity index (χ1) is 9.10. The molecule has 1 saturated heterocycles. The highest BCUT2D eigenvalue weighted by atomic mass is 19.1. The van der Waals surface area contributed by atoms with Gasteiger partial charge in [0.05, 0.1) is 0 Å². The number of halogens is 1. The van der Waals surface area contributed by atoms with Crippen LogP contribution in [0.1, 0.15) is 18.9 Å². The van der Waals surface area contributed by atoms with E-state index < -0.39 is 0 Å². The van der Waals surface area contributed by atoms with E-state index in [1.807, 2.05) is 11.8 Å². The molecule has 4 heteroatoms. The SMILES string of the molecule is C/C(=C/C(=O)N1CCC(CN)C1)c1ccc(F)cc1. The molecule has 0 bridgehead atoms. The molecule has 1 aromatic rings. The maximum Gasteiger partial charge on any atom is 0.246 e. The highest BCUT2D eigenvalue weighted by molar-refractivity contribution is 5.95. The van der Waals surface area contributed by atoms with Crippen LogP contribution in [0.4, 0.5) is 4.39 Å². The summed E-state index contributed by atoms with van der Waals surface area (Å²) >= 11 is 0. The Hall–Kier alpha value is -1.68. The average molecular weight is 262 g/mol. The molecular formula is C15H19FN2O. The van der Waals surface area contributed by atoms with Crippen molar-refractivity contribution in [3.8, 4) is 0 Å². The van der Waals surface area contributed by atoms with E-state index in [4.69, 9.17) is 5.73 Å². The van der Waals surface area contributed by atoms with Gasteiger partial charge in [0, 0.05) is 19.2 Å². The summed E-state index contributed by atoms with van der Waals surface area (Å²) in [6, 6.07) is 6.16. The monoisotopic (exact) mass is 262 g/mol. The third kappa shape index (κ3) is 3.41. The van der Waals surface area contributed by atoms with Crippen molar-refractivity contribution in [2.24, 2.45) is 11.7 Å². The van der Waals surface area contributed by atoms with Crippen LogP contribution in [0.3, 0.4) is 0 Å². The lowest BCUT2D eigenvalue weighted by atomic mass is 10.1. The first-order valence-electron chi connectivity index (χ1n) is 6.53. The molecule has 1 fully saturated rings. The van der Waals surface area contributed by atoms with Gasteiger partial charge in [-0.1, -0.05) is 12.1 Å². The van der Waals surface area contributed by atoms with Crippen molar-refractivity contribution in [3.05, 3.63) is 41.7 Å². The second-order valence-corrected chi connectivity index (χ2v) is 5.01. The van der Waals surface area contributed by atoms with Crippen molar-refractivity contribution in [2.75, 3.05) is 19.6 Å². The third-order valence-corrected chi connectivity index (χ3v) is 3.57. The van der Waals surface area contributed by atoms with Gasteiger partial charge < -0.3 is 10.6 Å². The molecule has 1 amide bonds. The van der Waals surface area contributed by atoms with Gasteiger partial charge in [0.15, 0.2) is 0 Å². The first-order valence-corrected chi connectivity index (χ1v) is 6.53. The number of likely N-dealkylation sites (tertiary alicyclic amines) is 1. The Morgan fingerprint density at radius 2 is 2.16 bits per heavy atom. The summed E-state index contributed by atoms with van der Waals surface area (Å²) in [6.07, 6.45) is 2.60. The van der Waals surface area contributed by atoms with Gasteiger partial charge in [-0.3, -0.25) is 4.79 Å². The van der Waals surface area contributed by atoms with Gasteiger partial charge in [0.2, 0.25) is 5.91 Å². The second kappa shape index (κ2) is 5.97. The smallest absolute Gasteiger partial charge is 0.246 e. The largest absolute Gasteiger partial charge is 0.339 e. The maximum absolute atomic E-state index is 12.8. The molecule has 1 aliphatic rings. The van der Waals surface area contributed by atoms with Crippen molar-refractivity contribution in [1.82, 2.24) is 4.90 Å². The first kappa shape index (κ1) is 13.7. The predicted molar refractivity (Wildman–Crippen MR) is 73.8 cm³/mol. The molecule has 0 aliphatic carbocycles. The molecule has 3 nitrogen and oxygen atoms in total. The van der Waals surface area contributed by atoms with Crippen molar-refractivity contribution < 1.29 is 9.18 Å². The molecule has 1 unspecified atom stereocenters. The highest BCUT2D eigenvalue weighted by Crippen LogP contribution is 2.18. The molecule has 0 spiro atoms. The number of benzene rings is 1. The van der Waals surface area contributed by atoms with E-state index in [1.54, 1.807) is 18.2 Å². The Labute approximate surface area is 112 Å². The number of amides is 1. The molecule has 1 aliphatic heterocycles. The maximum atomic E-state index is 12.8. The van der Waals surface area contributed by atoms with E-state index in [0.29, 0.717) is 12.5 Å². The molecule has 0 aromatic heterocycles. The van der Waals surface area contributed by atoms with Gasteiger partial charge in [-0.05, 0) is 49.1 Å². The van der Waals surface area contributed by atoms with Gasteiger partial charge in [-0.15, -0.1) is 0 Å². The zero-order chi connectivity index (χ0) is 13.8. The third-order valence-electron chi connectivity index (χ3n) is 3.57. The summed E-state index contributed by atoms with van der Waals surface area (Å²) in [5.74, 6) is 0.162. The van der Waals surface area contributed by atoms with Crippen molar-refractivity contribution in [3.63, 3.8) is 0 Å². The molecule has 1 atom stereocenters. The standard InChI is InChI=1S/C15H19FN2O/c1-11(13-2-4-14(16)5-3-13)8-15(19)18-7-6-12(9-17)10-18/h2-5,8,12H,6-7,9-10,17H2,1H3/b11-8-. The quantitative estimate of drug-likeness (QED) is 0.847. The fourth-order valence-corrected chi connectivity index (χ4v) is 2.30. The average Bonchev–Trinajstić information content (AvgIpc) is 2.88. The number of nitrogens with two attached hydrogens (primary N) is 1. The number of carbonyl (C=O) groups excluding carboxylic acids is 1. The predicted octanol–water partition coefficient (Wildman–Crippen LogP) is 2.04. The van der Waals surface area contributed by atoms with Crippen LogP contribution in [0.2, 0.25) is 0 Å². The summed E-state index contributed by atoms with van der Waals surface area (Å²) in [7, 11) is 0. The normalized spacial score (nSPS) is 19.8. The van der Waals surface area contributed by atoms with Gasteiger partial charge >= 0.3 is 0 Å². The summed E-state index contributed by atoms with van der Waals surface area (Å²) in [6.45, 7) is 4.00. The van der Waals surface area contributed by atoms with Gasteiger partial charge in [0.1, 0.15) is 5.82 Å². The van der Waals surface area contributed by atoms with Crippen LogP contribution in [-0.4, -0.2) is 30.4 Å². The number of hydrogen-bond donors (Lipinski definition) is 1. The van der Waals surface area contributed by atoms with Crippen molar-refractivity contribution in [2.45, 2.75) is 13.3 Å². The molecule has 102 valence electrons. The van der Waals surface area contributed by atoms with Crippen LogP contribution in [0.15, 0.2) is 30.3 Å². The van der Waals surface area contributed by atoms with Gasteiger partial charge in [0.25, 0.3) is 0 Å². The molecular weight excluding hydrogens is 243 g/mol. The number of nitrogens with zero attached hydrogens (tertiary/aromatic N) is 1. The zero-order valence-corrected chi connectivity index (χ0v) is 11.1. The number of rotatable bonds is 3. The number of allylic oxidation sites excluding steroid dienone is 1. The van der Waals surface area contributed by atoms with Crippen LogP contribution in [-0.2, 0) is 4.79 Å². The molecule has 19 heavy (non-hydrogen) atoms. The minimum Gasteiger partial charge on any atom is -0.339 e. The molecule has 0 radical (unpaired) electrons. The summed E-state index contributed by atoms with van der Waals surface area (Å²) in [5.41, 5.74) is 7.33. The minimum atomic E-state index is -0.270. The van der Waals surface area contributed by atoms with Crippen LogP contribution in [0.25, 0.3) is 5.57 Å². The van der Waals surface area contributed by atoms with E-state index in [1.165, 1.54) is 12.1 Å². The Morgan fingerprint density at radius 3 is 2.74 bits per heavy atom. The second-order valence-electron chi connectivity index (χ2n) is 5.01. The lowest BCUT2D eigenvalue weighted by Gasteiger charge is -2.14. The van der Waals surface area contributed by atoms with E-state index in [9.17, 15) is 9.18 Å². The van der Waals surface area contributed by atoms with E-state index in [2.05, 4.69) is 0 Å². The summed E-state index contributed by atoms with van der Waals surface area (Å²) in [5, 5.41) is 0. The van der Waals surface area contributed by atoms with Crippen LogP contribution >= 0.6 is 0 Å². The fourth-order valence-electron chi connectivity index (χ4n) is 2.30. The Kier molecular flexibility index (Phi) is 4.32. The molecule has 1 heterocycles. The van der Waals surface area contributed by atoms with Gasteiger partial charge in [-0.25, -0.2) is 4.39 Å². The molecule has 2 N–H and O–H groups in total. The van der Waals surface area contributed by atoms with Gasteiger partial charge in [-0.2, -0.15) is 0 Å². The fraction of sp³-hybridized carbons (Fsp3) is 0.400. The Morgan fingerprint density at radius 1 is 1.47 bits per heavy atom. The Balaban J connectivity index is 2.04. The van der Waals surface area contributed by atoms with E-state index in [0.717, 1.165) is 30.6 Å². The topological polar surface area (TPSA) is 46.3 Å². The molecule has 1 aromatic carbocycles. The molecule has 2 rings (SSSR count). The summed E-state index contributed by atoms with van der Waals surface area (Å²) in [4.78, 5) is 13.9. The highest BCUT2D eigenvalue weighted by Gasteiger charge is 2.23. The lowest BCUT2D eigenvalue weighted by Crippen LogP contribution is -2.28. The number of hydrogen-bond acceptors (Lipinski definition) is 2. The van der Waals surface area contributed by atoms with Crippen LogP contribution < -0.4 is 5.73 Å². The Bertz CT molecular complexity index is 481. The van der Waals surface area contributed by atoms with Crippen molar-refractivity contribution in [1.29, 1.82) is 0 Å². The van der Waals surface area contributed by atoms with Crippen molar-refractivity contribution >= 4 is 11.5 Å². The van der Waals surface area contributed by atoms with E-state index in [-0.39, 0.29) is 11.7 Å². The summed E-state index contributed by atoms with van der Waals surface area (Å²) < 4.78 is 12.8. The molecule has 0 saturated carbocycles. The lowest BCUT2D eigenvalue weighted by molar-refractivity contribution is -0.125. The zero-order valence-electron chi connectivity index (χ0n) is 11.1. The number of carbonyl (C=O) groups is 1.